The minimum atomic E-state index is -0.204. The molecule has 20 heavy (non-hydrogen) atoms. The Hall–Kier alpha value is -1.23. The standard InChI is InChI=1S/C16H13BrFNS/c17-12-5-6-13(18)11(7-12)8-14(19)16-9-10-3-1-2-4-15(10)20-16/h1-7,9,14H,8,19H2. The molecule has 0 aliphatic heterocycles. The van der Waals surface area contributed by atoms with E-state index >= 15 is 0 Å². The number of hydrogen-bond donors (Lipinski definition) is 1. The molecule has 4 heteroatoms. The van der Waals surface area contributed by atoms with Crippen LogP contribution < -0.4 is 5.73 Å². The van der Waals surface area contributed by atoms with Gasteiger partial charge in [-0.3, -0.25) is 0 Å². The summed E-state index contributed by atoms with van der Waals surface area (Å²) < 4.78 is 15.9. The lowest BCUT2D eigenvalue weighted by molar-refractivity contribution is 0.594. The molecule has 0 saturated heterocycles. The molecule has 0 radical (unpaired) electrons. The number of fused-ring (bicyclic) bond motifs is 1. The molecular weight excluding hydrogens is 337 g/mol. The predicted molar refractivity (Wildman–Crippen MR) is 86.6 cm³/mol. The average molecular weight is 350 g/mol. The van der Waals surface area contributed by atoms with Crippen molar-refractivity contribution in [1.82, 2.24) is 0 Å². The van der Waals surface area contributed by atoms with E-state index in [-0.39, 0.29) is 11.9 Å². The van der Waals surface area contributed by atoms with Crippen LogP contribution in [0.2, 0.25) is 0 Å². The highest BCUT2D eigenvalue weighted by molar-refractivity contribution is 9.10. The Labute approximate surface area is 129 Å². The monoisotopic (exact) mass is 349 g/mol. The lowest BCUT2D eigenvalue weighted by atomic mass is 10.0. The van der Waals surface area contributed by atoms with E-state index in [0.717, 1.165) is 9.35 Å². The summed E-state index contributed by atoms with van der Waals surface area (Å²) in [6, 6.07) is 15.1. The first-order valence-electron chi connectivity index (χ1n) is 6.31. The number of benzene rings is 2. The van der Waals surface area contributed by atoms with Gasteiger partial charge >= 0.3 is 0 Å². The molecule has 1 aromatic heterocycles. The van der Waals surface area contributed by atoms with Crippen molar-refractivity contribution in [3.05, 3.63) is 69.3 Å². The smallest absolute Gasteiger partial charge is 0.126 e. The second-order valence-corrected chi connectivity index (χ2v) is 6.76. The van der Waals surface area contributed by atoms with E-state index in [0.29, 0.717) is 12.0 Å². The molecular formula is C16H13BrFNS. The maximum absolute atomic E-state index is 13.8. The summed E-state index contributed by atoms with van der Waals surface area (Å²) in [6.45, 7) is 0. The fourth-order valence-corrected chi connectivity index (χ4v) is 3.70. The van der Waals surface area contributed by atoms with Crippen molar-refractivity contribution in [2.75, 3.05) is 0 Å². The second-order valence-electron chi connectivity index (χ2n) is 4.73. The van der Waals surface area contributed by atoms with Crippen molar-refractivity contribution in [3.8, 4) is 0 Å². The first-order chi connectivity index (χ1) is 9.63. The SMILES string of the molecule is NC(Cc1cc(Br)ccc1F)c1cc2ccccc2s1. The van der Waals surface area contributed by atoms with Crippen molar-refractivity contribution in [3.63, 3.8) is 0 Å². The van der Waals surface area contributed by atoms with Crippen molar-refractivity contribution < 1.29 is 4.39 Å². The summed E-state index contributed by atoms with van der Waals surface area (Å²) in [5.41, 5.74) is 6.88. The molecule has 1 nitrogen and oxygen atoms in total. The summed E-state index contributed by atoms with van der Waals surface area (Å²) in [6.07, 6.45) is 0.498. The van der Waals surface area contributed by atoms with E-state index in [2.05, 4.69) is 34.1 Å². The Morgan fingerprint density at radius 1 is 1.15 bits per heavy atom. The van der Waals surface area contributed by atoms with E-state index in [1.807, 2.05) is 12.1 Å². The quantitative estimate of drug-likeness (QED) is 0.703. The average Bonchev–Trinajstić information content (AvgIpc) is 2.87. The lowest BCUT2D eigenvalue weighted by Gasteiger charge is -2.10. The molecule has 3 aromatic rings. The molecule has 0 fully saturated rings. The van der Waals surface area contributed by atoms with Crippen LogP contribution in [0.15, 0.2) is 53.0 Å². The maximum atomic E-state index is 13.8. The van der Waals surface area contributed by atoms with Crippen molar-refractivity contribution in [2.45, 2.75) is 12.5 Å². The molecule has 0 saturated carbocycles. The van der Waals surface area contributed by atoms with Gasteiger partial charge in [-0.05, 0) is 47.7 Å². The van der Waals surface area contributed by atoms with Gasteiger partial charge in [0.2, 0.25) is 0 Å². The van der Waals surface area contributed by atoms with Crippen LogP contribution >= 0.6 is 27.3 Å². The molecule has 102 valence electrons. The number of thiophene rings is 1. The predicted octanol–water partition coefficient (Wildman–Crippen LogP) is 5.05. The Kier molecular flexibility index (Phi) is 3.87. The molecule has 0 bridgehead atoms. The fourth-order valence-electron chi connectivity index (χ4n) is 2.22. The molecule has 1 unspecified atom stereocenters. The maximum Gasteiger partial charge on any atom is 0.126 e. The van der Waals surface area contributed by atoms with Gasteiger partial charge in [-0.15, -0.1) is 11.3 Å². The van der Waals surface area contributed by atoms with Crippen molar-refractivity contribution in [2.24, 2.45) is 5.73 Å². The molecule has 0 aliphatic carbocycles. The summed E-state index contributed by atoms with van der Waals surface area (Å²) in [7, 11) is 0. The van der Waals surface area contributed by atoms with Crippen LogP contribution in [0.25, 0.3) is 10.1 Å². The largest absolute Gasteiger partial charge is 0.323 e. The van der Waals surface area contributed by atoms with Crippen LogP contribution in [-0.2, 0) is 6.42 Å². The zero-order valence-corrected chi connectivity index (χ0v) is 13.0. The van der Waals surface area contributed by atoms with Gasteiger partial charge in [0, 0.05) is 20.1 Å². The summed E-state index contributed by atoms with van der Waals surface area (Å²) >= 11 is 5.04. The zero-order chi connectivity index (χ0) is 14.1. The first-order valence-corrected chi connectivity index (χ1v) is 7.92. The molecule has 0 amide bonds. The van der Waals surface area contributed by atoms with Crippen LogP contribution in [0, 0.1) is 5.82 Å². The second kappa shape index (κ2) is 5.64. The third-order valence-electron chi connectivity index (χ3n) is 3.26. The first kappa shape index (κ1) is 13.7. The normalized spacial score (nSPS) is 12.8. The highest BCUT2D eigenvalue weighted by atomic mass is 79.9. The minimum Gasteiger partial charge on any atom is -0.323 e. The van der Waals surface area contributed by atoms with Crippen LogP contribution in [0.4, 0.5) is 4.39 Å². The Bertz CT molecular complexity index is 720. The van der Waals surface area contributed by atoms with Gasteiger partial charge in [-0.25, -0.2) is 4.39 Å². The van der Waals surface area contributed by atoms with Gasteiger partial charge in [0.25, 0.3) is 0 Å². The fraction of sp³-hybridized carbons (Fsp3) is 0.125. The van der Waals surface area contributed by atoms with E-state index in [9.17, 15) is 4.39 Å². The molecule has 1 heterocycles. The van der Waals surface area contributed by atoms with Gasteiger partial charge in [-0.1, -0.05) is 34.1 Å². The summed E-state index contributed by atoms with van der Waals surface area (Å²) in [5.74, 6) is -0.204. The summed E-state index contributed by atoms with van der Waals surface area (Å²) in [4.78, 5) is 1.09. The van der Waals surface area contributed by atoms with Crippen LogP contribution in [0.1, 0.15) is 16.5 Å². The number of hydrogen-bond acceptors (Lipinski definition) is 2. The topological polar surface area (TPSA) is 26.0 Å². The Morgan fingerprint density at radius 3 is 2.75 bits per heavy atom. The molecule has 3 rings (SSSR count). The van der Waals surface area contributed by atoms with E-state index < -0.39 is 0 Å². The number of nitrogens with two attached hydrogens (primary N) is 1. The van der Waals surface area contributed by atoms with Crippen LogP contribution in [0.5, 0.6) is 0 Å². The molecule has 2 N–H and O–H groups in total. The Balaban J connectivity index is 1.88. The van der Waals surface area contributed by atoms with Crippen LogP contribution in [0.3, 0.4) is 0 Å². The van der Waals surface area contributed by atoms with Gasteiger partial charge < -0.3 is 5.73 Å². The van der Waals surface area contributed by atoms with Crippen molar-refractivity contribution >= 4 is 37.4 Å². The highest BCUT2D eigenvalue weighted by Gasteiger charge is 2.13. The lowest BCUT2D eigenvalue weighted by Crippen LogP contribution is -2.12. The number of rotatable bonds is 3. The van der Waals surface area contributed by atoms with Gasteiger partial charge in [0.05, 0.1) is 0 Å². The third kappa shape index (κ3) is 2.77. The minimum absolute atomic E-state index is 0.184. The highest BCUT2D eigenvalue weighted by Crippen LogP contribution is 2.31. The molecule has 0 spiro atoms. The van der Waals surface area contributed by atoms with E-state index in [4.69, 9.17) is 5.73 Å². The van der Waals surface area contributed by atoms with E-state index in [1.165, 1.54) is 16.2 Å². The number of halogens is 2. The van der Waals surface area contributed by atoms with Gasteiger partial charge in [0.1, 0.15) is 5.82 Å². The van der Waals surface area contributed by atoms with Gasteiger partial charge in [0.15, 0.2) is 0 Å². The van der Waals surface area contributed by atoms with Gasteiger partial charge in [-0.2, -0.15) is 0 Å². The zero-order valence-electron chi connectivity index (χ0n) is 10.6. The molecule has 1 atom stereocenters. The van der Waals surface area contributed by atoms with E-state index in [1.54, 1.807) is 23.5 Å². The van der Waals surface area contributed by atoms with Crippen LogP contribution in [-0.4, -0.2) is 0 Å². The Morgan fingerprint density at radius 2 is 1.95 bits per heavy atom. The summed E-state index contributed by atoms with van der Waals surface area (Å²) in [5, 5.41) is 1.19. The molecule has 2 aromatic carbocycles. The van der Waals surface area contributed by atoms with Crippen molar-refractivity contribution in [1.29, 1.82) is 0 Å². The molecule has 0 aliphatic rings. The third-order valence-corrected chi connectivity index (χ3v) is 5.00.